The van der Waals surface area contributed by atoms with Gasteiger partial charge in [-0.25, -0.2) is 0 Å². The van der Waals surface area contributed by atoms with Crippen LogP contribution in [-0.2, 0) is 16.0 Å². The Bertz CT molecular complexity index is 958. The summed E-state index contributed by atoms with van der Waals surface area (Å²) in [6.45, 7) is 2.80. The second-order valence-electron chi connectivity index (χ2n) is 8.00. The normalized spacial score (nSPS) is 17.0. The van der Waals surface area contributed by atoms with Crippen LogP contribution < -0.4 is 24.6 Å². The molecular weight excluding hydrogens is 430 g/mol. The topological polar surface area (TPSA) is 96.9 Å². The summed E-state index contributed by atoms with van der Waals surface area (Å²) in [4.78, 5) is 28.4. The number of hydrogen-bond donors (Lipinski definition) is 1. The monoisotopic (exact) mass is 459 g/mol. The van der Waals surface area contributed by atoms with Crippen molar-refractivity contribution in [1.29, 1.82) is 0 Å². The van der Waals surface area contributed by atoms with Gasteiger partial charge in [0.05, 0.1) is 14.2 Å². The van der Waals surface area contributed by atoms with Gasteiger partial charge in [-0.05, 0) is 37.3 Å². The Morgan fingerprint density at radius 1 is 1.16 bits per heavy atom. The van der Waals surface area contributed by atoms with Crippen molar-refractivity contribution in [1.82, 2.24) is 15.5 Å². The molecule has 0 aliphatic carbocycles. The first-order chi connectivity index (χ1) is 15.6. The molecule has 0 saturated carbocycles. The average Bonchev–Trinajstić information content (AvgIpc) is 3.48. The summed E-state index contributed by atoms with van der Waals surface area (Å²) < 4.78 is 10.7. The van der Waals surface area contributed by atoms with Crippen LogP contribution in [0.3, 0.4) is 0 Å². The standard InChI is InChI=1S/C22H29N5O4S/c1-30-17-6-5-15(18(14-17)31-2)7-10-23-20(29)16-8-12-26(13-9-16)21-24-25-22(32-21)27-11-3-4-19(27)28/h5-6,14,16H,3-4,7-13H2,1-2H3,(H,23,29). The van der Waals surface area contributed by atoms with E-state index in [4.69, 9.17) is 9.47 Å². The van der Waals surface area contributed by atoms with Gasteiger partial charge in [-0.1, -0.05) is 17.4 Å². The number of benzene rings is 1. The Morgan fingerprint density at radius 2 is 1.94 bits per heavy atom. The highest BCUT2D eigenvalue weighted by molar-refractivity contribution is 7.19. The fourth-order valence-electron chi connectivity index (χ4n) is 4.15. The highest BCUT2D eigenvalue weighted by Gasteiger charge is 2.29. The van der Waals surface area contributed by atoms with Crippen molar-refractivity contribution >= 4 is 33.4 Å². The molecule has 4 rings (SSSR count). The molecule has 2 amide bonds. The summed E-state index contributed by atoms with van der Waals surface area (Å²) in [5.74, 6) is 1.72. The van der Waals surface area contributed by atoms with E-state index in [9.17, 15) is 9.59 Å². The molecule has 172 valence electrons. The van der Waals surface area contributed by atoms with Gasteiger partial charge in [0, 0.05) is 44.6 Å². The number of nitrogens with zero attached hydrogens (tertiary/aromatic N) is 4. The predicted molar refractivity (Wildman–Crippen MR) is 123 cm³/mol. The highest BCUT2D eigenvalue weighted by atomic mass is 32.1. The fraction of sp³-hybridized carbons (Fsp3) is 0.545. The molecule has 2 aromatic rings. The van der Waals surface area contributed by atoms with Crippen LogP contribution in [0.5, 0.6) is 11.5 Å². The summed E-state index contributed by atoms with van der Waals surface area (Å²) in [5.41, 5.74) is 1.03. The smallest absolute Gasteiger partial charge is 0.228 e. The van der Waals surface area contributed by atoms with E-state index in [0.29, 0.717) is 24.5 Å². The summed E-state index contributed by atoms with van der Waals surface area (Å²) in [6, 6.07) is 5.72. The fourth-order valence-corrected chi connectivity index (χ4v) is 5.09. The maximum absolute atomic E-state index is 12.7. The average molecular weight is 460 g/mol. The Hall–Kier alpha value is -2.88. The van der Waals surface area contributed by atoms with Gasteiger partial charge in [-0.15, -0.1) is 10.2 Å². The van der Waals surface area contributed by atoms with Crippen LogP contribution in [-0.4, -0.2) is 62.4 Å². The van der Waals surface area contributed by atoms with Crippen LogP contribution in [0.2, 0.25) is 0 Å². The van der Waals surface area contributed by atoms with Gasteiger partial charge in [0.2, 0.25) is 22.1 Å². The van der Waals surface area contributed by atoms with E-state index in [2.05, 4.69) is 20.4 Å². The highest BCUT2D eigenvalue weighted by Crippen LogP contribution is 2.32. The van der Waals surface area contributed by atoms with E-state index in [-0.39, 0.29) is 17.7 Å². The number of rotatable bonds is 8. The summed E-state index contributed by atoms with van der Waals surface area (Å²) in [5, 5.41) is 13.1. The van der Waals surface area contributed by atoms with Gasteiger partial charge in [-0.3, -0.25) is 14.5 Å². The van der Waals surface area contributed by atoms with Crippen LogP contribution in [0, 0.1) is 5.92 Å². The van der Waals surface area contributed by atoms with Gasteiger partial charge < -0.3 is 19.7 Å². The number of amides is 2. The molecule has 1 aromatic carbocycles. The Morgan fingerprint density at radius 3 is 2.62 bits per heavy atom. The quantitative estimate of drug-likeness (QED) is 0.647. The van der Waals surface area contributed by atoms with Crippen LogP contribution in [0.25, 0.3) is 0 Å². The van der Waals surface area contributed by atoms with E-state index in [1.165, 1.54) is 11.3 Å². The molecular formula is C22H29N5O4S. The third-order valence-electron chi connectivity index (χ3n) is 6.03. The van der Waals surface area contributed by atoms with E-state index in [0.717, 1.165) is 61.1 Å². The molecule has 0 bridgehead atoms. The first-order valence-corrected chi connectivity index (χ1v) is 11.8. The third kappa shape index (κ3) is 4.95. The van der Waals surface area contributed by atoms with E-state index < -0.39 is 0 Å². The Kier molecular flexibility index (Phi) is 7.09. The molecule has 3 heterocycles. The molecule has 0 atom stereocenters. The third-order valence-corrected chi connectivity index (χ3v) is 7.04. The molecule has 0 radical (unpaired) electrons. The minimum atomic E-state index is -0.00318. The van der Waals surface area contributed by atoms with Crippen molar-refractivity contribution < 1.29 is 19.1 Å². The maximum atomic E-state index is 12.7. The summed E-state index contributed by atoms with van der Waals surface area (Å²) in [6.07, 6.45) is 3.70. The number of aromatic nitrogens is 2. The van der Waals surface area contributed by atoms with Crippen molar-refractivity contribution in [2.75, 3.05) is 50.2 Å². The predicted octanol–water partition coefficient (Wildman–Crippen LogP) is 2.26. The number of carbonyl (C=O) groups is 2. The number of nitrogens with one attached hydrogen (secondary N) is 1. The SMILES string of the molecule is COc1ccc(CCNC(=O)C2CCN(c3nnc(N4CCCC4=O)s3)CC2)c(OC)c1. The molecule has 1 aromatic heterocycles. The lowest BCUT2D eigenvalue weighted by Gasteiger charge is -2.30. The summed E-state index contributed by atoms with van der Waals surface area (Å²) >= 11 is 1.46. The van der Waals surface area contributed by atoms with Crippen LogP contribution >= 0.6 is 11.3 Å². The summed E-state index contributed by atoms with van der Waals surface area (Å²) in [7, 11) is 3.26. The van der Waals surface area contributed by atoms with Crippen molar-refractivity contribution in [2.45, 2.75) is 32.1 Å². The molecule has 2 aliphatic heterocycles. The van der Waals surface area contributed by atoms with E-state index in [1.807, 2.05) is 18.2 Å². The second-order valence-corrected chi connectivity index (χ2v) is 8.93. The number of piperidine rings is 1. The van der Waals surface area contributed by atoms with Crippen LogP contribution in [0.4, 0.5) is 10.3 Å². The van der Waals surface area contributed by atoms with Crippen molar-refractivity contribution in [3.8, 4) is 11.5 Å². The second kappa shape index (κ2) is 10.2. The molecule has 1 N–H and O–H groups in total. The lowest BCUT2D eigenvalue weighted by Crippen LogP contribution is -2.41. The van der Waals surface area contributed by atoms with Crippen molar-refractivity contribution in [3.05, 3.63) is 23.8 Å². The first-order valence-electron chi connectivity index (χ1n) is 11.0. The van der Waals surface area contributed by atoms with Gasteiger partial charge in [-0.2, -0.15) is 0 Å². The van der Waals surface area contributed by atoms with Gasteiger partial charge in [0.25, 0.3) is 0 Å². The largest absolute Gasteiger partial charge is 0.497 e. The molecule has 2 aliphatic rings. The molecule has 2 fully saturated rings. The molecule has 32 heavy (non-hydrogen) atoms. The molecule has 2 saturated heterocycles. The maximum Gasteiger partial charge on any atom is 0.228 e. The van der Waals surface area contributed by atoms with Crippen molar-refractivity contribution in [3.63, 3.8) is 0 Å². The Balaban J connectivity index is 1.24. The van der Waals surface area contributed by atoms with Gasteiger partial charge in [0.15, 0.2) is 0 Å². The number of anilines is 2. The van der Waals surface area contributed by atoms with Gasteiger partial charge >= 0.3 is 0 Å². The lowest BCUT2D eigenvalue weighted by atomic mass is 9.96. The Labute approximate surface area is 191 Å². The lowest BCUT2D eigenvalue weighted by molar-refractivity contribution is -0.125. The molecule has 0 spiro atoms. The minimum absolute atomic E-state index is 0.00318. The van der Waals surface area contributed by atoms with Crippen LogP contribution in [0.1, 0.15) is 31.2 Å². The van der Waals surface area contributed by atoms with Gasteiger partial charge in [0.1, 0.15) is 11.5 Å². The number of ether oxygens (including phenoxy) is 2. The number of carbonyl (C=O) groups excluding carboxylic acids is 2. The van der Waals surface area contributed by atoms with Crippen molar-refractivity contribution in [2.24, 2.45) is 5.92 Å². The first kappa shape index (κ1) is 22.3. The molecule has 10 heteroatoms. The zero-order valence-corrected chi connectivity index (χ0v) is 19.3. The zero-order valence-electron chi connectivity index (χ0n) is 18.5. The van der Waals surface area contributed by atoms with E-state index >= 15 is 0 Å². The number of hydrogen-bond acceptors (Lipinski definition) is 8. The molecule has 9 nitrogen and oxygen atoms in total. The zero-order chi connectivity index (χ0) is 22.5. The number of methoxy groups -OCH3 is 2. The molecule has 0 unspecified atom stereocenters. The van der Waals surface area contributed by atoms with Crippen LogP contribution in [0.15, 0.2) is 18.2 Å². The van der Waals surface area contributed by atoms with E-state index in [1.54, 1.807) is 19.1 Å². The minimum Gasteiger partial charge on any atom is -0.497 e.